The quantitative estimate of drug-likeness (QED) is 0.557. The maximum Gasteiger partial charge on any atom is 0.345 e. The summed E-state index contributed by atoms with van der Waals surface area (Å²) in [6, 6.07) is 11.9. The summed E-state index contributed by atoms with van der Waals surface area (Å²) in [4.78, 5) is 19.6. The van der Waals surface area contributed by atoms with Crippen molar-refractivity contribution >= 4 is 22.3 Å². The van der Waals surface area contributed by atoms with Gasteiger partial charge >= 0.3 is 5.63 Å². The number of aromatic nitrogens is 2. The summed E-state index contributed by atoms with van der Waals surface area (Å²) in [6.07, 6.45) is 3.80. The molecule has 0 saturated carbocycles. The molecule has 0 bridgehead atoms. The second kappa shape index (κ2) is 6.25. The van der Waals surface area contributed by atoms with Gasteiger partial charge in [-0.2, -0.15) is 0 Å². The lowest BCUT2D eigenvalue weighted by Crippen LogP contribution is -2.43. The van der Waals surface area contributed by atoms with E-state index in [-0.39, 0.29) is 5.63 Å². The number of benzene rings is 1. The van der Waals surface area contributed by atoms with Gasteiger partial charge in [0.05, 0.1) is 11.3 Å². The number of nitrogens with one attached hydrogen (secondary N) is 1. The first kappa shape index (κ1) is 16.1. The average molecular weight is 360 g/mol. The molecule has 1 aromatic carbocycles. The molecule has 3 aromatic heterocycles. The number of hydrogen-bond donors (Lipinski definition) is 1. The fraction of sp³-hybridized carbons (Fsp3) is 0.238. The zero-order valence-corrected chi connectivity index (χ0v) is 15.1. The van der Waals surface area contributed by atoms with Crippen LogP contribution in [-0.4, -0.2) is 35.6 Å². The van der Waals surface area contributed by atoms with Gasteiger partial charge in [0.25, 0.3) is 0 Å². The van der Waals surface area contributed by atoms with E-state index in [1.54, 1.807) is 0 Å². The molecule has 0 spiro atoms. The number of nitrogens with zero attached hydrogens (tertiary/aromatic N) is 3. The number of anilines is 1. The van der Waals surface area contributed by atoms with Gasteiger partial charge in [-0.3, -0.25) is 0 Å². The molecule has 1 aliphatic rings. The zero-order chi connectivity index (χ0) is 18.4. The monoisotopic (exact) mass is 360 g/mol. The molecule has 4 heterocycles. The lowest BCUT2D eigenvalue weighted by Gasteiger charge is -2.29. The second-order valence-electron chi connectivity index (χ2n) is 6.95. The molecule has 1 N–H and O–H groups in total. The van der Waals surface area contributed by atoms with Crippen LogP contribution in [0.4, 0.5) is 5.69 Å². The number of piperazine rings is 1. The first-order valence-corrected chi connectivity index (χ1v) is 9.17. The Morgan fingerprint density at radius 1 is 1.15 bits per heavy atom. The fourth-order valence-electron chi connectivity index (χ4n) is 3.68. The maximum absolute atomic E-state index is 12.6. The molecule has 0 aliphatic carbocycles. The summed E-state index contributed by atoms with van der Waals surface area (Å²) in [5.74, 6) is 0. The molecular weight excluding hydrogens is 340 g/mol. The summed E-state index contributed by atoms with van der Waals surface area (Å²) in [7, 11) is 0. The summed E-state index contributed by atoms with van der Waals surface area (Å²) < 4.78 is 7.59. The molecule has 0 unspecified atom stereocenters. The van der Waals surface area contributed by atoms with Crippen LogP contribution >= 0.6 is 0 Å². The van der Waals surface area contributed by atoms with E-state index in [1.807, 2.05) is 54.0 Å². The van der Waals surface area contributed by atoms with E-state index in [1.165, 1.54) is 0 Å². The molecule has 0 atom stereocenters. The normalized spacial score (nSPS) is 14.9. The highest BCUT2D eigenvalue weighted by Crippen LogP contribution is 2.25. The summed E-state index contributed by atoms with van der Waals surface area (Å²) in [6.45, 7) is 5.85. The molecule has 6 nitrogen and oxygen atoms in total. The SMILES string of the molecule is Cc1cccn2cc(-c3cc4ccc(N5CCNCC5)cc4oc3=O)nc12. The van der Waals surface area contributed by atoms with Gasteiger partial charge in [-0.1, -0.05) is 6.07 Å². The second-order valence-corrected chi connectivity index (χ2v) is 6.95. The van der Waals surface area contributed by atoms with Crippen molar-refractivity contribution in [2.24, 2.45) is 0 Å². The highest BCUT2D eigenvalue weighted by Gasteiger charge is 2.15. The summed E-state index contributed by atoms with van der Waals surface area (Å²) in [5.41, 5.74) is 4.37. The molecule has 1 saturated heterocycles. The van der Waals surface area contributed by atoms with Crippen LogP contribution in [0.15, 0.2) is 58.0 Å². The van der Waals surface area contributed by atoms with Crippen molar-refractivity contribution < 1.29 is 4.42 Å². The van der Waals surface area contributed by atoms with Crippen LogP contribution in [0.1, 0.15) is 5.56 Å². The van der Waals surface area contributed by atoms with Crippen LogP contribution in [0.3, 0.4) is 0 Å². The molecule has 4 aromatic rings. The van der Waals surface area contributed by atoms with Crippen LogP contribution in [0.2, 0.25) is 0 Å². The van der Waals surface area contributed by atoms with Gasteiger partial charge in [0.2, 0.25) is 0 Å². The van der Waals surface area contributed by atoms with Crippen LogP contribution < -0.4 is 15.8 Å². The first-order valence-electron chi connectivity index (χ1n) is 9.17. The van der Waals surface area contributed by atoms with E-state index < -0.39 is 0 Å². The van der Waals surface area contributed by atoms with Gasteiger partial charge in [0.15, 0.2) is 0 Å². The van der Waals surface area contributed by atoms with Crippen LogP contribution in [0.5, 0.6) is 0 Å². The Kier molecular flexibility index (Phi) is 3.72. The highest BCUT2D eigenvalue weighted by atomic mass is 16.4. The molecular formula is C21H20N4O2. The van der Waals surface area contributed by atoms with Crippen molar-refractivity contribution in [2.45, 2.75) is 6.92 Å². The first-order chi connectivity index (χ1) is 13.2. The third-order valence-electron chi connectivity index (χ3n) is 5.16. The number of fused-ring (bicyclic) bond motifs is 2. The summed E-state index contributed by atoms with van der Waals surface area (Å²) >= 11 is 0. The minimum Gasteiger partial charge on any atom is -0.422 e. The number of hydrogen-bond acceptors (Lipinski definition) is 5. The Labute approximate surface area is 156 Å². The topological polar surface area (TPSA) is 62.8 Å². The van der Waals surface area contributed by atoms with E-state index in [9.17, 15) is 4.79 Å². The van der Waals surface area contributed by atoms with Crippen molar-refractivity contribution in [3.63, 3.8) is 0 Å². The predicted molar refractivity (Wildman–Crippen MR) is 106 cm³/mol. The van der Waals surface area contributed by atoms with Gasteiger partial charge < -0.3 is 19.0 Å². The van der Waals surface area contributed by atoms with E-state index in [0.29, 0.717) is 16.8 Å². The van der Waals surface area contributed by atoms with Crippen LogP contribution in [0, 0.1) is 6.92 Å². The van der Waals surface area contributed by atoms with E-state index in [2.05, 4.69) is 21.3 Å². The van der Waals surface area contributed by atoms with Gasteiger partial charge in [0, 0.05) is 55.7 Å². The van der Waals surface area contributed by atoms with Gasteiger partial charge in [0.1, 0.15) is 11.2 Å². The third-order valence-corrected chi connectivity index (χ3v) is 5.16. The lowest BCUT2D eigenvalue weighted by atomic mass is 10.1. The molecule has 1 fully saturated rings. The third kappa shape index (κ3) is 2.78. The Hall–Kier alpha value is -3.12. The van der Waals surface area contributed by atoms with E-state index >= 15 is 0 Å². The Balaban J connectivity index is 1.60. The Morgan fingerprint density at radius 2 is 2.00 bits per heavy atom. The maximum atomic E-state index is 12.6. The number of aryl methyl sites for hydroxylation is 1. The van der Waals surface area contributed by atoms with E-state index in [0.717, 1.165) is 48.5 Å². The predicted octanol–water partition coefficient (Wildman–Crippen LogP) is 2.83. The molecule has 6 heteroatoms. The molecule has 5 rings (SSSR count). The van der Waals surface area contributed by atoms with Gasteiger partial charge in [-0.05, 0) is 36.8 Å². The Morgan fingerprint density at radius 3 is 2.81 bits per heavy atom. The molecule has 1 aliphatic heterocycles. The van der Waals surface area contributed by atoms with Gasteiger partial charge in [-0.15, -0.1) is 0 Å². The van der Waals surface area contributed by atoms with Gasteiger partial charge in [-0.25, -0.2) is 9.78 Å². The Bertz CT molecular complexity index is 1200. The smallest absolute Gasteiger partial charge is 0.345 e. The zero-order valence-electron chi connectivity index (χ0n) is 15.1. The number of imidazole rings is 1. The molecule has 0 radical (unpaired) electrons. The van der Waals surface area contributed by atoms with Crippen LogP contribution in [0.25, 0.3) is 27.9 Å². The number of rotatable bonds is 2. The summed E-state index contributed by atoms with van der Waals surface area (Å²) in [5, 5.41) is 4.25. The molecule has 0 amide bonds. The van der Waals surface area contributed by atoms with Crippen molar-refractivity contribution in [1.29, 1.82) is 0 Å². The largest absolute Gasteiger partial charge is 0.422 e. The van der Waals surface area contributed by atoms with Crippen molar-refractivity contribution in [1.82, 2.24) is 14.7 Å². The molecule has 27 heavy (non-hydrogen) atoms. The minimum absolute atomic E-state index is 0.360. The minimum atomic E-state index is -0.360. The number of pyridine rings is 1. The average Bonchev–Trinajstić information content (AvgIpc) is 3.13. The van der Waals surface area contributed by atoms with Crippen molar-refractivity contribution in [3.05, 3.63) is 64.8 Å². The highest BCUT2D eigenvalue weighted by molar-refractivity contribution is 5.84. The fourth-order valence-corrected chi connectivity index (χ4v) is 3.68. The van der Waals surface area contributed by atoms with E-state index in [4.69, 9.17) is 4.42 Å². The van der Waals surface area contributed by atoms with Crippen molar-refractivity contribution in [3.8, 4) is 11.3 Å². The standard InChI is InChI=1S/C21H20N4O2/c1-14-3-2-8-25-13-18(23-20(14)25)17-11-15-4-5-16(12-19(15)27-21(17)26)24-9-6-22-7-10-24/h2-5,8,11-13,22H,6-7,9-10H2,1H3. The van der Waals surface area contributed by atoms with Crippen LogP contribution in [-0.2, 0) is 0 Å². The molecule has 136 valence electrons. The van der Waals surface area contributed by atoms with Crippen molar-refractivity contribution in [2.75, 3.05) is 31.1 Å². The lowest BCUT2D eigenvalue weighted by molar-refractivity contribution is 0.561.